The Morgan fingerprint density at radius 2 is 2.04 bits per heavy atom. The third-order valence-corrected chi connectivity index (χ3v) is 6.36. The quantitative estimate of drug-likeness (QED) is 0.450. The Kier molecular flexibility index (Phi) is 7.10. The molecule has 0 aliphatic carbocycles. The van der Waals surface area contributed by atoms with Crippen LogP contribution in [0.1, 0.15) is 18.4 Å². The predicted molar refractivity (Wildman–Crippen MR) is 101 cm³/mol. The number of nitrogens with one attached hydrogen (secondary N) is 1. The summed E-state index contributed by atoms with van der Waals surface area (Å²) in [4.78, 5) is 5.82. The van der Waals surface area contributed by atoms with Gasteiger partial charge in [-0.15, -0.1) is 4.99 Å². The molecule has 1 aromatic carbocycles. The van der Waals surface area contributed by atoms with E-state index in [1.165, 1.54) is 11.8 Å². The molecule has 0 aromatic heterocycles. The number of benzene rings is 1. The van der Waals surface area contributed by atoms with Crippen molar-refractivity contribution in [2.45, 2.75) is 24.6 Å². The van der Waals surface area contributed by atoms with E-state index in [9.17, 15) is 8.42 Å². The molecule has 130 valence electrons. The summed E-state index contributed by atoms with van der Waals surface area (Å²) in [7, 11) is -3.37. The third-order valence-electron chi connectivity index (χ3n) is 3.71. The van der Waals surface area contributed by atoms with Crippen molar-refractivity contribution < 1.29 is 8.42 Å². The van der Waals surface area contributed by atoms with Crippen LogP contribution in [0, 0.1) is 11.5 Å². The Morgan fingerprint density at radius 3 is 2.58 bits per heavy atom. The second-order valence-electron chi connectivity index (χ2n) is 5.46. The zero-order valence-electron chi connectivity index (χ0n) is 13.3. The lowest BCUT2D eigenvalue weighted by molar-refractivity contribution is 0.306. The highest BCUT2D eigenvalue weighted by Crippen LogP contribution is 2.17. The fourth-order valence-electron chi connectivity index (χ4n) is 2.57. The molecule has 2 rings (SSSR count). The van der Waals surface area contributed by atoms with E-state index in [4.69, 9.17) is 5.26 Å². The van der Waals surface area contributed by atoms with Crippen LogP contribution in [0.5, 0.6) is 0 Å². The predicted octanol–water partition coefficient (Wildman–Crippen LogP) is 2.53. The number of aliphatic imine (C=N–C) groups is 1. The van der Waals surface area contributed by atoms with Gasteiger partial charge in [0.05, 0.1) is 5.75 Å². The van der Waals surface area contributed by atoms with Gasteiger partial charge in [0, 0.05) is 23.6 Å². The van der Waals surface area contributed by atoms with E-state index in [0.29, 0.717) is 31.1 Å². The van der Waals surface area contributed by atoms with Gasteiger partial charge >= 0.3 is 0 Å². The van der Waals surface area contributed by atoms with Gasteiger partial charge in [0.1, 0.15) is 0 Å². The smallest absolute Gasteiger partial charge is 0.216 e. The van der Waals surface area contributed by atoms with Gasteiger partial charge in [0.15, 0.2) is 5.17 Å². The number of hydrogen-bond donors (Lipinski definition) is 1. The maximum absolute atomic E-state index is 12.3. The molecule has 1 fully saturated rings. The molecule has 1 N–H and O–H groups in total. The average molecular weight is 431 g/mol. The number of piperidine rings is 1. The van der Waals surface area contributed by atoms with Crippen molar-refractivity contribution >= 4 is 42.9 Å². The molecule has 0 radical (unpaired) electrons. The van der Waals surface area contributed by atoms with Crippen molar-refractivity contribution in [3.63, 3.8) is 0 Å². The van der Waals surface area contributed by atoms with Crippen LogP contribution < -0.4 is 4.72 Å². The van der Waals surface area contributed by atoms with Gasteiger partial charge < -0.3 is 4.90 Å². The number of halogens is 1. The van der Waals surface area contributed by atoms with E-state index >= 15 is 0 Å². The van der Waals surface area contributed by atoms with Crippen LogP contribution in [0.15, 0.2) is 33.7 Å². The van der Waals surface area contributed by atoms with E-state index in [1.807, 2.05) is 29.5 Å². The zero-order valence-corrected chi connectivity index (χ0v) is 16.5. The Balaban J connectivity index is 1.89. The molecule has 1 aliphatic heterocycles. The number of sulfonamides is 1. The number of rotatable bonds is 4. The van der Waals surface area contributed by atoms with Crippen molar-refractivity contribution in [1.82, 2.24) is 9.62 Å². The van der Waals surface area contributed by atoms with Gasteiger partial charge in [0.25, 0.3) is 0 Å². The fraction of sp³-hybridized carbons (Fsp3) is 0.467. The Bertz CT molecular complexity index is 721. The minimum Gasteiger partial charge on any atom is -0.350 e. The molecule has 0 unspecified atom stereocenters. The van der Waals surface area contributed by atoms with Crippen LogP contribution in [0.25, 0.3) is 0 Å². The first kappa shape index (κ1) is 19.2. The van der Waals surface area contributed by atoms with Gasteiger partial charge in [-0.1, -0.05) is 39.8 Å². The van der Waals surface area contributed by atoms with Gasteiger partial charge in [0.2, 0.25) is 16.2 Å². The summed E-state index contributed by atoms with van der Waals surface area (Å²) < 4.78 is 28.4. The highest BCUT2D eigenvalue weighted by molar-refractivity contribution is 9.10. The molecule has 6 nitrogen and oxygen atoms in total. The first-order valence-corrected chi connectivity index (χ1v) is 11.1. The van der Waals surface area contributed by atoms with Crippen LogP contribution in [0.2, 0.25) is 0 Å². The topological polar surface area (TPSA) is 85.6 Å². The van der Waals surface area contributed by atoms with E-state index < -0.39 is 10.0 Å². The molecule has 0 atom stereocenters. The van der Waals surface area contributed by atoms with Crippen LogP contribution >= 0.6 is 27.7 Å². The zero-order chi connectivity index (χ0) is 17.6. The molecule has 1 aliphatic rings. The normalized spacial score (nSPS) is 16.9. The SMILES string of the molecule is CS/C(=N\C#N)N1CCC(NS(=O)(=O)Cc2ccc(Br)cc2)CC1. The molecular formula is C15H19BrN4O2S2. The van der Waals surface area contributed by atoms with Gasteiger partial charge in [-0.3, -0.25) is 0 Å². The molecule has 9 heteroatoms. The largest absolute Gasteiger partial charge is 0.350 e. The third kappa shape index (κ3) is 5.77. The second kappa shape index (κ2) is 8.85. The summed E-state index contributed by atoms with van der Waals surface area (Å²) >= 11 is 4.77. The average Bonchev–Trinajstić information content (AvgIpc) is 2.55. The maximum Gasteiger partial charge on any atom is 0.216 e. The second-order valence-corrected chi connectivity index (χ2v) is 8.91. The summed E-state index contributed by atoms with van der Waals surface area (Å²) in [5.41, 5.74) is 0.758. The minimum absolute atomic E-state index is 0.0214. The lowest BCUT2D eigenvalue weighted by atomic mass is 10.1. The number of nitriles is 1. The highest BCUT2D eigenvalue weighted by atomic mass is 79.9. The molecule has 24 heavy (non-hydrogen) atoms. The van der Waals surface area contributed by atoms with Gasteiger partial charge in [-0.2, -0.15) is 5.26 Å². The standard InChI is InChI=1S/C15H19BrN4O2S2/c1-23-15(18-11-17)20-8-6-14(7-9-20)19-24(21,22)10-12-2-4-13(16)5-3-12/h2-5,14,19H,6-10H2,1H3/b18-15-. The van der Waals surface area contributed by atoms with E-state index in [-0.39, 0.29) is 11.8 Å². The van der Waals surface area contributed by atoms with Gasteiger partial charge in [-0.05, 0) is 36.8 Å². The summed E-state index contributed by atoms with van der Waals surface area (Å²) in [5, 5.41) is 9.38. The van der Waals surface area contributed by atoms with Crippen molar-refractivity contribution in [2.75, 3.05) is 19.3 Å². The van der Waals surface area contributed by atoms with Crippen molar-refractivity contribution in [1.29, 1.82) is 5.26 Å². The van der Waals surface area contributed by atoms with Crippen LogP contribution in [0.4, 0.5) is 0 Å². The molecule has 0 bridgehead atoms. The summed E-state index contributed by atoms with van der Waals surface area (Å²) in [6.07, 6.45) is 5.08. The lowest BCUT2D eigenvalue weighted by Crippen LogP contribution is -2.46. The van der Waals surface area contributed by atoms with Crippen LogP contribution in [-0.2, 0) is 15.8 Å². The highest BCUT2D eigenvalue weighted by Gasteiger charge is 2.25. The van der Waals surface area contributed by atoms with Crippen LogP contribution in [0.3, 0.4) is 0 Å². The van der Waals surface area contributed by atoms with E-state index in [2.05, 4.69) is 25.6 Å². The van der Waals surface area contributed by atoms with Crippen LogP contribution in [-0.4, -0.2) is 43.9 Å². The van der Waals surface area contributed by atoms with E-state index in [1.54, 1.807) is 12.1 Å². The number of likely N-dealkylation sites (tertiary alicyclic amines) is 1. The Morgan fingerprint density at radius 1 is 1.42 bits per heavy atom. The summed E-state index contributed by atoms with van der Waals surface area (Å²) in [6, 6.07) is 7.19. The summed E-state index contributed by atoms with van der Waals surface area (Å²) in [6.45, 7) is 1.37. The Labute approximate surface area is 155 Å². The number of thioether (sulfide) groups is 1. The summed E-state index contributed by atoms with van der Waals surface area (Å²) in [5.74, 6) is -0.0214. The van der Waals surface area contributed by atoms with Crippen molar-refractivity contribution in [3.05, 3.63) is 34.3 Å². The molecule has 0 spiro atoms. The van der Waals surface area contributed by atoms with E-state index in [0.717, 1.165) is 10.0 Å². The first-order valence-electron chi connectivity index (χ1n) is 7.43. The molecule has 0 saturated carbocycles. The maximum atomic E-state index is 12.3. The lowest BCUT2D eigenvalue weighted by Gasteiger charge is -2.33. The fourth-order valence-corrected chi connectivity index (χ4v) is 4.87. The number of nitrogens with zero attached hydrogens (tertiary/aromatic N) is 3. The first-order chi connectivity index (χ1) is 11.4. The molecule has 0 amide bonds. The molecular weight excluding hydrogens is 412 g/mol. The van der Waals surface area contributed by atoms with Crippen molar-refractivity contribution in [3.8, 4) is 6.19 Å². The van der Waals surface area contributed by atoms with Crippen molar-refractivity contribution in [2.24, 2.45) is 4.99 Å². The number of hydrogen-bond acceptors (Lipinski definition) is 5. The molecule has 1 heterocycles. The number of amidine groups is 1. The minimum atomic E-state index is -3.37. The molecule has 1 saturated heterocycles. The monoisotopic (exact) mass is 430 g/mol. The Hall–Kier alpha value is -1.08. The molecule has 1 aromatic rings. The van der Waals surface area contributed by atoms with Gasteiger partial charge in [-0.25, -0.2) is 13.1 Å².